The number of esters is 1. The normalized spacial score (nSPS) is 10.1. The first-order valence-corrected chi connectivity index (χ1v) is 6.09. The minimum Gasteiger partial charge on any atom is -0.465 e. The van der Waals surface area contributed by atoms with Crippen LogP contribution in [-0.4, -0.2) is 18.1 Å². The maximum absolute atomic E-state index is 11.5. The van der Waals surface area contributed by atoms with Crippen LogP contribution in [0.15, 0.2) is 52.5 Å². The first-order chi connectivity index (χ1) is 8.70. The Morgan fingerprint density at radius 1 is 1.33 bits per heavy atom. The molecule has 0 fully saturated rings. The molecule has 0 amide bonds. The van der Waals surface area contributed by atoms with E-state index in [-0.39, 0.29) is 0 Å². The third-order valence-corrected chi connectivity index (χ3v) is 3.22. The van der Waals surface area contributed by atoms with E-state index >= 15 is 0 Å². The highest BCUT2D eigenvalue weighted by atomic mass is 32.2. The van der Waals surface area contributed by atoms with E-state index in [0.717, 1.165) is 4.90 Å². The number of methoxy groups -OCH3 is 1. The SMILES string of the molecule is COC(=O)c1cc(Sc2ccccc2)ncc1N. The van der Waals surface area contributed by atoms with Crippen molar-refractivity contribution in [3.8, 4) is 0 Å². The number of carbonyl (C=O) groups excluding carboxylic acids is 1. The van der Waals surface area contributed by atoms with Crippen LogP contribution >= 0.6 is 11.8 Å². The third kappa shape index (κ3) is 2.81. The summed E-state index contributed by atoms with van der Waals surface area (Å²) in [4.78, 5) is 16.7. The molecule has 0 spiro atoms. The van der Waals surface area contributed by atoms with Crippen molar-refractivity contribution in [2.75, 3.05) is 12.8 Å². The Kier molecular flexibility index (Phi) is 3.84. The highest BCUT2D eigenvalue weighted by Crippen LogP contribution is 2.27. The molecule has 0 aliphatic rings. The second-order valence-corrected chi connectivity index (χ2v) is 4.61. The number of hydrogen-bond acceptors (Lipinski definition) is 5. The van der Waals surface area contributed by atoms with Crippen LogP contribution in [0.25, 0.3) is 0 Å². The van der Waals surface area contributed by atoms with Gasteiger partial charge in [-0.25, -0.2) is 9.78 Å². The zero-order chi connectivity index (χ0) is 13.0. The number of nitrogens with zero attached hydrogens (tertiary/aromatic N) is 1. The van der Waals surface area contributed by atoms with E-state index in [4.69, 9.17) is 5.73 Å². The Labute approximate surface area is 109 Å². The number of aromatic nitrogens is 1. The van der Waals surface area contributed by atoms with Gasteiger partial charge in [0.05, 0.1) is 24.6 Å². The van der Waals surface area contributed by atoms with Crippen LogP contribution in [-0.2, 0) is 4.74 Å². The van der Waals surface area contributed by atoms with Crippen LogP contribution in [0.1, 0.15) is 10.4 Å². The average Bonchev–Trinajstić information content (AvgIpc) is 2.41. The molecule has 0 saturated carbocycles. The summed E-state index contributed by atoms with van der Waals surface area (Å²) in [5, 5.41) is 0.704. The molecule has 0 saturated heterocycles. The fraction of sp³-hybridized carbons (Fsp3) is 0.0769. The zero-order valence-electron chi connectivity index (χ0n) is 9.79. The first kappa shape index (κ1) is 12.4. The molecular formula is C13H12N2O2S. The number of carbonyl (C=O) groups is 1. The topological polar surface area (TPSA) is 65.2 Å². The summed E-state index contributed by atoms with van der Waals surface area (Å²) in [6.07, 6.45) is 1.47. The fourth-order valence-corrected chi connectivity index (χ4v) is 2.22. The lowest BCUT2D eigenvalue weighted by Gasteiger charge is -2.06. The van der Waals surface area contributed by atoms with Gasteiger partial charge in [-0.3, -0.25) is 0 Å². The minimum absolute atomic E-state index is 0.319. The number of anilines is 1. The lowest BCUT2D eigenvalue weighted by molar-refractivity contribution is 0.0601. The molecule has 0 bridgehead atoms. The molecule has 0 aliphatic heterocycles. The van der Waals surface area contributed by atoms with Gasteiger partial charge in [0.2, 0.25) is 0 Å². The summed E-state index contributed by atoms with van der Waals surface area (Å²) in [6.45, 7) is 0. The predicted octanol–water partition coefficient (Wildman–Crippen LogP) is 2.60. The van der Waals surface area contributed by atoms with Crippen LogP contribution in [0.2, 0.25) is 0 Å². The maximum Gasteiger partial charge on any atom is 0.340 e. The molecule has 1 heterocycles. The van der Waals surface area contributed by atoms with Crippen molar-refractivity contribution in [2.45, 2.75) is 9.92 Å². The van der Waals surface area contributed by atoms with Crippen molar-refractivity contribution in [3.05, 3.63) is 48.2 Å². The average molecular weight is 260 g/mol. The van der Waals surface area contributed by atoms with Crippen LogP contribution in [0.5, 0.6) is 0 Å². The van der Waals surface area contributed by atoms with Gasteiger partial charge in [-0.1, -0.05) is 30.0 Å². The van der Waals surface area contributed by atoms with Crippen molar-refractivity contribution in [1.82, 2.24) is 4.98 Å². The van der Waals surface area contributed by atoms with E-state index in [1.54, 1.807) is 6.07 Å². The van der Waals surface area contributed by atoms with Crippen LogP contribution < -0.4 is 5.73 Å². The lowest BCUT2D eigenvalue weighted by Crippen LogP contribution is -2.06. The molecular weight excluding hydrogens is 248 g/mol. The molecule has 0 unspecified atom stereocenters. The number of pyridine rings is 1. The van der Waals surface area contributed by atoms with Gasteiger partial charge in [-0.2, -0.15) is 0 Å². The van der Waals surface area contributed by atoms with Crippen LogP contribution in [0, 0.1) is 0 Å². The van der Waals surface area contributed by atoms with E-state index in [0.29, 0.717) is 16.3 Å². The van der Waals surface area contributed by atoms with E-state index in [9.17, 15) is 4.79 Å². The number of hydrogen-bond donors (Lipinski definition) is 1. The van der Waals surface area contributed by atoms with Gasteiger partial charge in [0.25, 0.3) is 0 Å². The third-order valence-electron chi connectivity index (χ3n) is 2.28. The second kappa shape index (κ2) is 5.55. The Bertz CT molecular complexity index is 558. The molecule has 2 rings (SSSR count). The monoisotopic (exact) mass is 260 g/mol. The quantitative estimate of drug-likeness (QED) is 0.859. The molecule has 2 aromatic rings. The summed E-state index contributed by atoms with van der Waals surface area (Å²) < 4.78 is 4.67. The summed E-state index contributed by atoms with van der Waals surface area (Å²) in [5.74, 6) is -0.454. The number of benzene rings is 1. The van der Waals surface area contributed by atoms with Crippen molar-refractivity contribution in [1.29, 1.82) is 0 Å². The van der Waals surface area contributed by atoms with Gasteiger partial charge in [0, 0.05) is 4.90 Å². The van der Waals surface area contributed by atoms with Gasteiger partial charge in [-0.05, 0) is 18.2 Å². The van der Waals surface area contributed by atoms with E-state index < -0.39 is 5.97 Å². The Morgan fingerprint density at radius 2 is 2.06 bits per heavy atom. The Morgan fingerprint density at radius 3 is 2.72 bits per heavy atom. The number of ether oxygens (including phenoxy) is 1. The molecule has 2 N–H and O–H groups in total. The smallest absolute Gasteiger partial charge is 0.340 e. The van der Waals surface area contributed by atoms with Crippen molar-refractivity contribution in [3.63, 3.8) is 0 Å². The van der Waals surface area contributed by atoms with Gasteiger partial charge >= 0.3 is 5.97 Å². The van der Waals surface area contributed by atoms with Gasteiger partial charge in [0.15, 0.2) is 0 Å². The highest BCUT2D eigenvalue weighted by molar-refractivity contribution is 7.99. The molecule has 18 heavy (non-hydrogen) atoms. The molecule has 0 aliphatic carbocycles. The summed E-state index contributed by atoms with van der Waals surface area (Å²) in [7, 11) is 1.33. The zero-order valence-corrected chi connectivity index (χ0v) is 10.6. The molecule has 1 aromatic heterocycles. The molecule has 92 valence electrons. The largest absolute Gasteiger partial charge is 0.465 e. The molecule has 4 nitrogen and oxygen atoms in total. The minimum atomic E-state index is -0.454. The summed E-state index contributed by atoms with van der Waals surface area (Å²) in [5.41, 5.74) is 6.34. The lowest BCUT2D eigenvalue weighted by atomic mass is 10.2. The van der Waals surface area contributed by atoms with E-state index in [1.165, 1.54) is 25.1 Å². The number of nitrogen functional groups attached to an aromatic ring is 1. The van der Waals surface area contributed by atoms with Crippen molar-refractivity contribution < 1.29 is 9.53 Å². The molecule has 1 aromatic carbocycles. The number of nitrogens with two attached hydrogens (primary N) is 1. The van der Waals surface area contributed by atoms with Crippen molar-refractivity contribution in [2.24, 2.45) is 0 Å². The van der Waals surface area contributed by atoms with Crippen molar-refractivity contribution >= 4 is 23.4 Å². The Hall–Kier alpha value is -2.01. The standard InChI is InChI=1S/C13H12N2O2S/c1-17-13(16)10-7-12(15-8-11(10)14)18-9-5-3-2-4-6-9/h2-8H,14H2,1H3. The highest BCUT2D eigenvalue weighted by Gasteiger charge is 2.12. The van der Waals surface area contributed by atoms with E-state index in [1.807, 2.05) is 30.3 Å². The fourth-order valence-electron chi connectivity index (χ4n) is 1.40. The van der Waals surface area contributed by atoms with Gasteiger partial charge < -0.3 is 10.5 Å². The molecule has 0 atom stereocenters. The molecule has 5 heteroatoms. The summed E-state index contributed by atoms with van der Waals surface area (Å²) in [6, 6.07) is 11.4. The molecule has 0 radical (unpaired) electrons. The maximum atomic E-state index is 11.5. The summed E-state index contributed by atoms with van der Waals surface area (Å²) >= 11 is 1.46. The Balaban J connectivity index is 2.27. The second-order valence-electron chi connectivity index (χ2n) is 3.52. The van der Waals surface area contributed by atoms with Gasteiger partial charge in [0.1, 0.15) is 5.03 Å². The van der Waals surface area contributed by atoms with Crippen LogP contribution in [0.4, 0.5) is 5.69 Å². The van der Waals surface area contributed by atoms with Gasteiger partial charge in [-0.15, -0.1) is 0 Å². The number of rotatable bonds is 3. The van der Waals surface area contributed by atoms with E-state index in [2.05, 4.69) is 9.72 Å². The predicted molar refractivity (Wildman–Crippen MR) is 70.6 cm³/mol. The first-order valence-electron chi connectivity index (χ1n) is 5.27. The van der Waals surface area contributed by atoms with Crippen LogP contribution in [0.3, 0.4) is 0 Å².